The SMILES string of the molecule is COc1ccc(C(=O)Oc2cccc3c(OC)ccc(C=O)c23)cc1. The molecule has 25 heavy (non-hydrogen) atoms. The lowest BCUT2D eigenvalue weighted by atomic mass is 10.0. The fourth-order valence-corrected chi connectivity index (χ4v) is 2.62. The van der Waals surface area contributed by atoms with Crippen molar-refractivity contribution in [2.24, 2.45) is 0 Å². The van der Waals surface area contributed by atoms with Gasteiger partial charge in [-0.2, -0.15) is 0 Å². The van der Waals surface area contributed by atoms with E-state index in [9.17, 15) is 9.59 Å². The van der Waals surface area contributed by atoms with Gasteiger partial charge in [-0.05, 0) is 42.5 Å². The van der Waals surface area contributed by atoms with Crippen molar-refractivity contribution in [1.29, 1.82) is 0 Å². The molecular weight excluding hydrogens is 320 g/mol. The monoisotopic (exact) mass is 336 g/mol. The quantitative estimate of drug-likeness (QED) is 0.402. The Bertz CT molecular complexity index is 929. The molecule has 0 heterocycles. The highest BCUT2D eigenvalue weighted by Crippen LogP contribution is 2.34. The van der Waals surface area contributed by atoms with Crippen LogP contribution in [0, 0.1) is 0 Å². The van der Waals surface area contributed by atoms with Gasteiger partial charge in [-0.25, -0.2) is 4.79 Å². The number of hydrogen-bond acceptors (Lipinski definition) is 5. The highest BCUT2D eigenvalue weighted by Gasteiger charge is 2.15. The van der Waals surface area contributed by atoms with Crippen molar-refractivity contribution >= 4 is 23.0 Å². The lowest BCUT2D eigenvalue weighted by molar-refractivity contribution is 0.0736. The van der Waals surface area contributed by atoms with E-state index in [0.717, 1.165) is 6.29 Å². The first kappa shape index (κ1) is 16.5. The average Bonchev–Trinajstić information content (AvgIpc) is 2.67. The van der Waals surface area contributed by atoms with Crippen LogP contribution < -0.4 is 14.2 Å². The minimum Gasteiger partial charge on any atom is -0.497 e. The van der Waals surface area contributed by atoms with Crippen LogP contribution in [0.5, 0.6) is 17.2 Å². The number of ether oxygens (including phenoxy) is 3. The van der Waals surface area contributed by atoms with E-state index in [4.69, 9.17) is 14.2 Å². The number of benzene rings is 3. The standard InChI is InChI=1S/C20H16O5/c1-23-15-9-6-13(7-10-15)20(22)25-18-5-3-4-16-17(24-2)11-8-14(12-21)19(16)18/h3-12H,1-2H3. The molecule has 0 aliphatic heterocycles. The van der Waals surface area contributed by atoms with E-state index < -0.39 is 5.97 Å². The van der Waals surface area contributed by atoms with E-state index in [1.54, 1.807) is 62.8 Å². The largest absolute Gasteiger partial charge is 0.497 e. The molecular formula is C20H16O5. The maximum absolute atomic E-state index is 12.4. The third-order valence-electron chi connectivity index (χ3n) is 3.87. The minimum absolute atomic E-state index is 0.305. The summed E-state index contributed by atoms with van der Waals surface area (Å²) >= 11 is 0. The molecule has 0 amide bonds. The second-order valence-electron chi connectivity index (χ2n) is 5.27. The highest BCUT2D eigenvalue weighted by molar-refractivity contribution is 6.05. The molecule has 0 aliphatic rings. The number of hydrogen-bond donors (Lipinski definition) is 0. The predicted molar refractivity (Wildman–Crippen MR) is 93.8 cm³/mol. The van der Waals surface area contributed by atoms with Gasteiger partial charge in [0.25, 0.3) is 0 Å². The van der Waals surface area contributed by atoms with Crippen LogP contribution >= 0.6 is 0 Å². The molecule has 0 saturated carbocycles. The molecule has 3 aromatic carbocycles. The summed E-state index contributed by atoms with van der Waals surface area (Å²) in [5, 5.41) is 1.24. The van der Waals surface area contributed by atoms with Crippen LogP contribution in [0.3, 0.4) is 0 Å². The van der Waals surface area contributed by atoms with Crippen molar-refractivity contribution in [3.8, 4) is 17.2 Å². The fraction of sp³-hybridized carbons (Fsp3) is 0.100. The first-order valence-electron chi connectivity index (χ1n) is 7.59. The van der Waals surface area contributed by atoms with Gasteiger partial charge in [0, 0.05) is 16.3 Å². The molecule has 0 saturated heterocycles. The second kappa shape index (κ2) is 7.05. The van der Waals surface area contributed by atoms with Gasteiger partial charge in [-0.15, -0.1) is 0 Å². The number of aldehydes is 1. The molecule has 0 atom stereocenters. The van der Waals surface area contributed by atoms with Crippen LogP contribution in [0.4, 0.5) is 0 Å². The summed E-state index contributed by atoms with van der Waals surface area (Å²) < 4.78 is 15.9. The van der Waals surface area contributed by atoms with Crippen molar-refractivity contribution in [3.05, 3.63) is 65.7 Å². The zero-order valence-electron chi connectivity index (χ0n) is 13.8. The minimum atomic E-state index is -0.519. The van der Waals surface area contributed by atoms with Gasteiger partial charge in [0.1, 0.15) is 17.2 Å². The maximum Gasteiger partial charge on any atom is 0.343 e. The number of rotatable bonds is 5. The Morgan fingerprint density at radius 2 is 1.64 bits per heavy atom. The molecule has 0 aliphatic carbocycles. The number of carbonyl (C=O) groups excluding carboxylic acids is 2. The summed E-state index contributed by atoms with van der Waals surface area (Å²) in [6.07, 6.45) is 0.729. The van der Waals surface area contributed by atoms with Gasteiger partial charge < -0.3 is 14.2 Å². The summed E-state index contributed by atoms with van der Waals surface area (Å²) in [4.78, 5) is 23.8. The first-order chi connectivity index (χ1) is 12.2. The molecule has 0 fully saturated rings. The molecule has 5 heteroatoms. The Balaban J connectivity index is 2.03. The third kappa shape index (κ3) is 3.17. The van der Waals surface area contributed by atoms with Crippen molar-refractivity contribution in [1.82, 2.24) is 0 Å². The lowest BCUT2D eigenvalue weighted by Gasteiger charge is -2.12. The zero-order chi connectivity index (χ0) is 17.8. The Morgan fingerprint density at radius 1 is 0.880 bits per heavy atom. The Hall–Kier alpha value is -3.34. The van der Waals surface area contributed by atoms with Crippen molar-refractivity contribution < 1.29 is 23.8 Å². The van der Waals surface area contributed by atoms with Crippen molar-refractivity contribution in [2.75, 3.05) is 14.2 Å². The van der Waals surface area contributed by atoms with Crippen molar-refractivity contribution in [3.63, 3.8) is 0 Å². The van der Waals surface area contributed by atoms with Gasteiger partial charge in [-0.1, -0.05) is 12.1 Å². The van der Waals surface area contributed by atoms with E-state index >= 15 is 0 Å². The summed E-state index contributed by atoms with van der Waals surface area (Å²) in [6, 6.07) is 15.2. The Morgan fingerprint density at radius 3 is 2.28 bits per heavy atom. The van der Waals surface area contributed by atoms with E-state index in [0.29, 0.717) is 39.1 Å². The molecule has 3 aromatic rings. The molecule has 0 unspecified atom stereocenters. The summed E-state index contributed by atoms with van der Waals surface area (Å²) in [7, 11) is 3.10. The van der Waals surface area contributed by atoms with Gasteiger partial charge in [0.05, 0.1) is 19.8 Å². The normalized spacial score (nSPS) is 10.3. The van der Waals surface area contributed by atoms with E-state index in [1.165, 1.54) is 0 Å². The number of fused-ring (bicyclic) bond motifs is 1. The van der Waals surface area contributed by atoms with E-state index in [1.807, 2.05) is 6.07 Å². The van der Waals surface area contributed by atoms with Crippen LogP contribution in [0.1, 0.15) is 20.7 Å². The van der Waals surface area contributed by atoms with Crippen LogP contribution in [0.15, 0.2) is 54.6 Å². The number of carbonyl (C=O) groups is 2. The smallest absolute Gasteiger partial charge is 0.343 e. The van der Waals surface area contributed by atoms with Crippen molar-refractivity contribution in [2.45, 2.75) is 0 Å². The Labute approximate surface area is 144 Å². The molecule has 126 valence electrons. The zero-order valence-corrected chi connectivity index (χ0v) is 13.8. The van der Waals surface area contributed by atoms with Crippen LogP contribution in [-0.4, -0.2) is 26.5 Å². The summed E-state index contributed by atoms with van der Waals surface area (Å²) in [5.41, 5.74) is 0.808. The average molecular weight is 336 g/mol. The van der Waals surface area contributed by atoms with Gasteiger partial charge in [-0.3, -0.25) is 4.79 Å². The van der Waals surface area contributed by atoms with Crippen LogP contribution in [0.25, 0.3) is 10.8 Å². The van der Waals surface area contributed by atoms with Gasteiger partial charge in [0.15, 0.2) is 6.29 Å². The van der Waals surface area contributed by atoms with Gasteiger partial charge >= 0.3 is 5.97 Å². The molecule has 0 aromatic heterocycles. The van der Waals surface area contributed by atoms with Crippen LogP contribution in [-0.2, 0) is 0 Å². The topological polar surface area (TPSA) is 61.8 Å². The fourth-order valence-electron chi connectivity index (χ4n) is 2.62. The van der Waals surface area contributed by atoms with Gasteiger partial charge in [0.2, 0.25) is 0 Å². The molecule has 0 N–H and O–H groups in total. The van der Waals surface area contributed by atoms with E-state index in [-0.39, 0.29) is 0 Å². The third-order valence-corrected chi connectivity index (χ3v) is 3.87. The number of methoxy groups -OCH3 is 2. The highest BCUT2D eigenvalue weighted by atomic mass is 16.5. The summed E-state index contributed by atoms with van der Waals surface area (Å²) in [6.45, 7) is 0. The molecule has 0 radical (unpaired) electrons. The maximum atomic E-state index is 12.4. The second-order valence-corrected chi connectivity index (χ2v) is 5.27. The molecule has 0 bridgehead atoms. The van der Waals surface area contributed by atoms with Crippen LogP contribution in [0.2, 0.25) is 0 Å². The Kier molecular flexibility index (Phi) is 4.66. The number of esters is 1. The molecule has 0 spiro atoms. The first-order valence-corrected chi connectivity index (χ1v) is 7.59. The lowest BCUT2D eigenvalue weighted by Crippen LogP contribution is -2.09. The summed E-state index contributed by atoms with van der Waals surface area (Å²) in [5.74, 6) is 1.03. The van der Waals surface area contributed by atoms with E-state index in [2.05, 4.69) is 0 Å². The molecule has 3 rings (SSSR count). The predicted octanol–water partition coefficient (Wildman–Crippen LogP) is 3.89. The molecule has 5 nitrogen and oxygen atoms in total.